The van der Waals surface area contributed by atoms with Gasteiger partial charge < -0.3 is 10.1 Å². The fourth-order valence-electron chi connectivity index (χ4n) is 4.32. The van der Waals surface area contributed by atoms with Gasteiger partial charge in [-0.2, -0.15) is 0 Å². The van der Waals surface area contributed by atoms with Crippen LogP contribution in [0.2, 0.25) is 0 Å². The van der Waals surface area contributed by atoms with Gasteiger partial charge in [-0.1, -0.05) is 40.0 Å². The molecule has 2 fully saturated rings. The fraction of sp³-hybridized carbons (Fsp3) is 1.00. The molecule has 0 spiro atoms. The fourth-order valence-corrected chi connectivity index (χ4v) is 4.32. The number of piperazine rings is 1. The van der Waals surface area contributed by atoms with Crippen LogP contribution in [-0.2, 0) is 4.74 Å². The number of hydrogen-bond donors (Lipinski definition) is 1. The van der Waals surface area contributed by atoms with Crippen molar-refractivity contribution in [2.75, 3.05) is 26.8 Å². The predicted octanol–water partition coefficient (Wildman–Crippen LogP) is 3.29. The molecule has 1 saturated heterocycles. The first-order valence-electron chi connectivity index (χ1n) is 9.15. The van der Waals surface area contributed by atoms with Crippen molar-refractivity contribution in [2.45, 2.75) is 77.4 Å². The van der Waals surface area contributed by atoms with Gasteiger partial charge in [0.1, 0.15) is 0 Å². The van der Waals surface area contributed by atoms with E-state index in [1.54, 1.807) is 0 Å². The van der Waals surface area contributed by atoms with Crippen molar-refractivity contribution in [3.8, 4) is 0 Å². The lowest BCUT2D eigenvalue weighted by Crippen LogP contribution is -2.62. The first-order chi connectivity index (χ1) is 10.2. The van der Waals surface area contributed by atoms with E-state index in [1.807, 2.05) is 7.11 Å². The minimum absolute atomic E-state index is 0.563. The van der Waals surface area contributed by atoms with Crippen LogP contribution in [0.15, 0.2) is 0 Å². The van der Waals surface area contributed by atoms with E-state index >= 15 is 0 Å². The van der Waals surface area contributed by atoms with E-state index in [-0.39, 0.29) is 0 Å². The smallest absolute Gasteiger partial charge is 0.0620 e. The van der Waals surface area contributed by atoms with Crippen molar-refractivity contribution in [3.63, 3.8) is 0 Å². The number of nitrogens with zero attached hydrogens (tertiary/aromatic N) is 1. The van der Waals surface area contributed by atoms with Gasteiger partial charge >= 0.3 is 0 Å². The van der Waals surface area contributed by atoms with E-state index < -0.39 is 0 Å². The van der Waals surface area contributed by atoms with Gasteiger partial charge in [-0.25, -0.2) is 0 Å². The zero-order valence-electron chi connectivity index (χ0n) is 14.6. The van der Waals surface area contributed by atoms with E-state index in [2.05, 4.69) is 31.0 Å². The third-order valence-electron chi connectivity index (χ3n) is 5.72. The Bertz CT molecular complexity index is 289. The molecular weight excluding hydrogens is 260 g/mol. The molecule has 3 heteroatoms. The first-order valence-corrected chi connectivity index (χ1v) is 9.15. The summed E-state index contributed by atoms with van der Waals surface area (Å²) in [6.07, 6.45) is 8.41. The second kappa shape index (κ2) is 8.50. The van der Waals surface area contributed by atoms with E-state index in [0.717, 1.165) is 19.1 Å². The van der Waals surface area contributed by atoms with Crippen molar-refractivity contribution in [3.05, 3.63) is 0 Å². The molecule has 124 valence electrons. The Kier molecular flexibility index (Phi) is 6.97. The molecule has 3 unspecified atom stereocenters. The Labute approximate surface area is 131 Å². The van der Waals surface area contributed by atoms with Crippen LogP contribution >= 0.6 is 0 Å². The normalized spacial score (nSPS) is 30.7. The second-order valence-corrected chi connectivity index (χ2v) is 7.44. The molecule has 0 aromatic rings. The summed E-state index contributed by atoms with van der Waals surface area (Å²) in [6.45, 7) is 10.2. The summed E-state index contributed by atoms with van der Waals surface area (Å²) in [5, 5.41) is 3.87. The van der Waals surface area contributed by atoms with Crippen molar-refractivity contribution >= 4 is 0 Å². The van der Waals surface area contributed by atoms with Crippen LogP contribution in [0.25, 0.3) is 0 Å². The third kappa shape index (κ3) is 4.43. The predicted molar refractivity (Wildman–Crippen MR) is 89.7 cm³/mol. The average Bonchev–Trinajstić information content (AvgIpc) is 2.52. The van der Waals surface area contributed by atoms with Crippen LogP contribution in [-0.4, -0.2) is 49.8 Å². The third-order valence-corrected chi connectivity index (χ3v) is 5.72. The van der Waals surface area contributed by atoms with E-state index in [0.29, 0.717) is 24.0 Å². The Balaban J connectivity index is 2.03. The molecule has 3 atom stereocenters. The van der Waals surface area contributed by atoms with Crippen LogP contribution < -0.4 is 5.32 Å². The highest BCUT2D eigenvalue weighted by Crippen LogP contribution is 2.30. The lowest BCUT2D eigenvalue weighted by molar-refractivity contribution is 0.000399. The average molecular weight is 296 g/mol. The summed E-state index contributed by atoms with van der Waals surface area (Å²) >= 11 is 0. The van der Waals surface area contributed by atoms with Gasteiger partial charge in [0.2, 0.25) is 0 Å². The Hall–Kier alpha value is -0.120. The highest BCUT2D eigenvalue weighted by atomic mass is 16.5. The van der Waals surface area contributed by atoms with E-state index in [9.17, 15) is 0 Å². The molecule has 3 nitrogen and oxygen atoms in total. The Morgan fingerprint density at radius 2 is 1.90 bits per heavy atom. The maximum absolute atomic E-state index is 5.53. The minimum Gasteiger partial charge on any atom is -0.383 e. The molecular formula is C18H36N2O. The number of methoxy groups -OCH3 is 1. The molecule has 1 heterocycles. The van der Waals surface area contributed by atoms with Crippen LogP contribution in [0.4, 0.5) is 0 Å². The summed E-state index contributed by atoms with van der Waals surface area (Å²) in [5.74, 6) is 1.55. The molecule has 0 aromatic heterocycles. The number of rotatable bonds is 6. The van der Waals surface area contributed by atoms with Gasteiger partial charge in [0.25, 0.3) is 0 Å². The van der Waals surface area contributed by atoms with Crippen molar-refractivity contribution in [1.29, 1.82) is 0 Å². The lowest BCUT2D eigenvalue weighted by Gasteiger charge is -2.48. The first kappa shape index (κ1) is 17.2. The zero-order valence-corrected chi connectivity index (χ0v) is 14.6. The van der Waals surface area contributed by atoms with Crippen LogP contribution in [0, 0.1) is 11.8 Å². The molecule has 0 amide bonds. The maximum atomic E-state index is 5.53. The topological polar surface area (TPSA) is 24.5 Å². The summed E-state index contributed by atoms with van der Waals surface area (Å²) in [6, 6.07) is 1.94. The minimum atomic E-state index is 0.563. The molecule has 0 radical (unpaired) electrons. The number of nitrogens with one attached hydrogen (secondary N) is 1. The summed E-state index contributed by atoms with van der Waals surface area (Å²) in [4.78, 5) is 2.77. The standard InChI is InChI=1S/C18H36N2O/c1-5-16-11-19-17(15-9-7-6-8-10-15)12-20(16)18(13-21-4)14(2)3/h14-19H,5-13H2,1-4H3. The van der Waals surface area contributed by atoms with Crippen LogP contribution in [0.3, 0.4) is 0 Å². The van der Waals surface area contributed by atoms with Gasteiger partial charge in [-0.15, -0.1) is 0 Å². The van der Waals surface area contributed by atoms with Gasteiger partial charge in [-0.3, -0.25) is 4.90 Å². The maximum Gasteiger partial charge on any atom is 0.0620 e. The molecule has 1 N–H and O–H groups in total. The number of hydrogen-bond acceptors (Lipinski definition) is 3. The molecule has 0 bridgehead atoms. The molecule has 1 aliphatic carbocycles. The zero-order chi connectivity index (χ0) is 15.2. The Morgan fingerprint density at radius 1 is 1.19 bits per heavy atom. The molecule has 2 rings (SSSR count). The van der Waals surface area contributed by atoms with E-state index in [1.165, 1.54) is 45.1 Å². The highest BCUT2D eigenvalue weighted by molar-refractivity contribution is 4.93. The highest BCUT2D eigenvalue weighted by Gasteiger charge is 2.36. The molecule has 2 aliphatic rings. The van der Waals surface area contributed by atoms with E-state index in [4.69, 9.17) is 4.74 Å². The molecule has 1 saturated carbocycles. The number of ether oxygens (including phenoxy) is 1. The largest absolute Gasteiger partial charge is 0.383 e. The van der Waals surface area contributed by atoms with Gasteiger partial charge in [0.15, 0.2) is 0 Å². The van der Waals surface area contributed by atoms with Crippen molar-refractivity contribution in [1.82, 2.24) is 10.2 Å². The van der Waals surface area contributed by atoms with Crippen LogP contribution in [0.5, 0.6) is 0 Å². The second-order valence-electron chi connectivity index (χ2n) is 7.44. The van der Waals surface area contributed by atoms with Gasteiger partial charge in [-0.05, 0) is 31.1 Å². The van der Waals surface area contributed by atoms with Crippen molar-refractivity contribution < 1.29 is 4.74 Å². The van der Waals surface area contributed by atoms with Gasteiger partial charge in [0.05, 0.1) is 6.61 Å². The lowest BCUT2D eigenvalue weighted by atomic mass is 9.82. The van der Waals surface area contributed by atoms with Crippen LogP contribution in [0.1, 0.15) is 59.3 Å². The quantitative estimate of drug-likeness (QED) is 0.814. The van der Waals surface area contributed by atoms with Gasteiger partial charge in [0, 0.05) is 38.3 Å². The Morgan fingerprint density at radius 3 is 2.48 bits per heavy atom. The molecule has 21 heavy (non-hydrogen) atoms. The molecule has 1 aliphatic heterocycles. The SMILES string of the molecule is CCC1CNC(C2CCCCC2)CN1C(COC)C(C)C. The monoisotopic (exact) mass is 296 g/mol. The summed E-state index contributed by atoms with van der Waals surface area (Å²) < 4.78 is 5.53. The summed E-state index contributed by atoms with van der Waals surface area (Å²) in [5.41, 5.74) is 0. The summed E-state index contributed by atoms with van der Waals surface area (Å²) in [7, 11) is 1.84. The van der Waals surface area contributed by atoms with Crippen molar-refractivity contribution in [2.24, 2.45) is 11.8 Å². The molecule has 0 aromatic carbocycles.